The van der Waals surface area contributed by atoms with Crippen LogP contribution in [0.3, 0.4) is 0 Å². The number of aliphatic hydroxyl groups is 1. The zero-order valence-electron chi connectivity index (χ0n) is 11.1. The summed E-state index contributed by atoms with van der Waals surface area (Å²) in [7, 11) is 0. The van der Waals surface area contributed by atoms with E-state index in [0.717, 1.165) is 19.4 Å². The number of benzene rings is 1. The Balaban J connectivity index is 1.97. The quantitative estimate of drug-likeness (QED) is 0.760. The molecule has 1 aromatic rings. The van der Waals surface area contributed by atoms with Crippen LogP contribution in [0.15, 0.2) is 18.2 Å². The number of rotatable bonds is 7. The maximum atomic E-state index is 13.8. The van der Waals surface area contributed by atoms with Gasteiger partial charge in [-0.2, -0.15) is 0 Å². The number of para-hydroxylation sites is 1. The average Bonchev–Trinajstić information content (AvgIpc) is 2.97. The second-order valence-corrected chi connectivity index (χ2v) is 5.06. The summed E-state index contributed by atoms with van der Waals surface area (Å²) in [6.45, 7) is 1.30. The summed E-state index contributed by atoms with van der Waals surface area (Å²) in [5.74, 6) is -0.160. The fourth-order valence-electron chi connectivity index (χ4n) is 2.03. The Morgan fingerprint density at radius 2 is 2.40 bits per heavy atom. The first-order valence-electron chi connectivity index (χ1n) is 6.71. The van der Waals surface area contributed by atoms with Gasteiger partial charge in [-0.3, -0.25) is 0 Å². The van der Waals surface area contributed by atoms with E-state index in [4.69, 9.17) is 21.1 Å². The molecule has 0 aromatic heterocycles. The van der Waals surface area contributed by atoms with Gasteiger partial charge in [0.05, 0.1) is 23.8 Å². The SMILES string of the molecule is OC(CCl)CNc1cccc(F)c1OCC1CCCO1. The highest BCUT2D eigenvalue weighted by Crippen LogP contribution is 2.28. The minimum atomic E-state index is -0.689. The molecule has 1 aromatic carbocycles. The van der Waals surface area contributed by atoms with Crippen molar-refractivity contribution in [2.75, 3.05) is 31.0 Å². The lowest BCUT2D eigenvalue weighted by atomic mass is 10.2. The zero-order valence-corrected chi connectivity index (χ0v) is 11.9. The number of anilines is 1. The van der Waals surface area contributed by atoms with Gasteiger partial charge in [0.25, 0.3) is 0 Å². The molecule has 1 aliphatic heterocycles. The van der Waals surface area contributed by atoms with Crippen LogP contribution in [0.2, 0.25) is 0 Å². The molecule has 0 bridgehead atoms. The number of hydrogen-bond acceptors (Lipinski definition) is 4. The second kappa shape index (κ2) is 7.67. The van der Waals surface area contributed by atoms with Crippen LogP contribution >= 0.6 is 11.6 Å². The van der Waals surface area contributed by atoms with E-state index < -0.39 is 11.9 Å². The molecule has 0 aliphatic carbocycles. The predicted molar refractivity (Wildman–Crippen MR) is 76.1 cm³/mol. The van der Waals surface area contributed by atoms with E-state index >= 15 is 0 Å². The molecule has 1 fully saturated rings. The van der Waals surface area contributed by atoms with E-state index in [-0.39, 0.29) is 24.3 Å². The van der Waals surface area contributed by atoms with Gasteiger partial charge in [-0.15, -0.1) is 11.6 Å². The fraction of sp³-hybridized carbons (Fsp3) is 0.571. The number of alkyl halides is 1. The van der Waals surface area contributed by atoms with Crippen molar-refractivity contribution in [3.8, 4) is 5.75 Å². The molecule has 1 aliphatic rings. The van der Waals surface area contributed by atoms with Crippen LogP contribution in [0.25, 0.3) is 0 Å². The number of aliphatic hydroxyl groups excluding tert-OH is 1. The Bertz CT molecular complexity index is 427. The molecular weight excluding hydrogens is 285 g/mol. The van der Waals surface area contributed by atoms with Crippen LogP contribution in [-0.4, -0.2) is 43.0 Å². The molecular formula is C14H19ClFNO3. The Morgan fingerprint density at radius 3 is 3.10 bits per heavy atom. The van der Waals surface area contributed by atoms with Crippen molar-refractivity contribution in [1.29, 1.82) is 0 Å². The van der Waals surface area contributed by atoms with Crippen molar-refractivity contribution in [2.45, 2.75) is 25.0 Å². The summed E-state index contributed by atoms with van der Waals surface area (Å²) in [5, 5.41) is 12.4. The highest BCUT2D eigenvalue weighted by molar-refractivity contribution is 6.18. The summed E-state index contributed by atoms with van der Waals surface area (Å²) < 4.78 is 24.8. The third kappa shape index (κ3) is 4.23. The maximum Gasteiger partial charge on any atom is 0.178 e. The largest absolute Gasteiger partial charge is 0.486 e. The number of hydrogen-bond donors (Lipinski definition) is 2. The fourth-order valence-corrected chi connectivity index (χ4v) is 2.14. The smallest absolute Gasteiger partial charge is 0.178 e. The second-order valence-electron chi connectivity index (χ2n) is 4.75. The molecule has 4 nitrogen and oxygen atoms in total. The standard InChI is InChI=1S/C14H19ClFNO3/c15-7-10(18)8-17-13-5-1-4-12(16)14(13)20-9-11-3-2-6-19-11/h1,4-5,10-11,17-18H,2-3,6-9H2. The maximum absolute atomic E-state index is 13.8. The van der Waals surface area contributed by atoms with Crippen LogP contribution in [-0.2, 0) is 4.74 Å². The van der Waals surface area contributed by atoms with Crippen molar-refractivity contribution in [3.05, 3.63) is 24.0 Å². The molecule has 2 unspecified atom stereocenters. The predicted octanol–water partition coefficient (Wildman–Crippen LogP) is 2.40. The van der Waals surface area contributed by atoms with Crippen LogP contribution in [0.1, 0.15) is 12.8 Å². The van der Waals surface area contributed by atoms with E-state index in [1.165, 1.54) is 6.07 Å². The molecule has 112 valence electrons. The van der Waals surface area contributed by atoms with E-state index in [1.807, 2.05) is 0 Å². The Hall–Kier alpha value is -1.04. The Labute approximate surface area is 122 Å². The summed E-state index contributed by atoms with van der Waals surface area (Å²) in [4.78, 5) is 0. The number of halogens is 2. The molecule has 20 heavy (non-hydrogen) atoms. The first-order chi connectivity index (χ1) is 9.70. The molecule has 2 atom stereocenters. The van der Waals surface area contributed by atoms with Gasteiger partial charge in [0.1, 0.15) is 6.61 Å². The van der Waals surface area contributed by atoms with E-state index in [2.05, 4.69) is 5.32 Å². The minimum absolute atomic E-state index is 0.0240. The number of nitrogens with one attached hydrogen (secondary N) is 1. The monoisotopic (exact) mass is 303 g/mol. The Morgan fingerprint density at radius 1 is 1.55 bits per heavy atom. The van der Waals surface area contributed by atoms with Crippen molar-refractivity contribution in [2.24, 2.45) is 0 Å². The highest BCUT2D eigenvalue weighted by Gasteiger charge is 2.18. The molecule has 6 heteroatoms. The summed E-state index contributed by atoms with van der Waals surface area (Å²) in [6, 6.07) is 4.63. The van der Waals surface area contributed by atoms with Crippen LogP contribution in [0.5, 0.6) is 5.75 Å². The van der Waals surface area contributed by atoms with Gasteiger partial charge in [-0.25, -0.2) is 4.39 Å². The first-order valence-corrected chi connectivity index (χ1v) is 7.25. The van der Waals surface area contributed by atoms with Gasteiger partial charge in [0.2, 0.25) is 0 Å². The first kappa shape index (κ1) is 15.4. The van der Waals surface area contributed by atoms with Gasteiger partial charge in [0, 0.05) is 13.2 Å². The highest BCUT2D eigenvalue weighted by atomic mass is 35.5. The zero-order chi connectivity index (χ0) is 14.4. The van der Waals surface area contributed by atoms with Crippen molar-refractivity contribution in [1.82, 2.24) is 0 Å². The van der Waals surface area contributed by atoms with E-state index in [9.17, 15) is 9.50 Å². The lowest BCUT2D eigenvalue weighted by Gasteiger charge is -2.17. The summed E-state index contributed by atoms with van der Waals surface area (Å²) in [6.07, 6.45) is 1.28. The van der Waals surface area contributed by atoms with Gasteiger partial charge in [-0.05, 0) is 25.0 Å². The third-order valence-electron chi connectivity index (χ3n) is 3.11. The van der Waals surface area contributed by atoms with Crippen molar-refractivity contribution in [3.63, 3.8) is 0 Å². The van der Waals surface area contributed by atoms with E-state index in [0.29, 0.717) is 12.3 Å². The number of ether oxygens (including phenoxy) is 2. The summed E-state index contributed by atoms with van der Waals surface area (Å²) >= 11 is 5.52. The van der Waals surface area contributed by atoms with Crippen molar-refractivity contribution < 1.29 is 19.0 Å². The summed E-state index contributed by atoms with van der Waals surface area (Å²) in [5.41, 5.74) is 0.507. The average molecular weight is 304 g/mol. The van der Waals surface area contributed by atoms with Gasteiger partial charge >= 0.3 is 0 Å². The minimum Gasteiger partial charge on any atom is -0.486 e. The molecule has 0 amide bonds. The molecule has 1 saturated heterocycles. The third-order valence-corrected chi connectivity index (χ3v) is 3.47. The van der Waals surface area contributed by atoms with Gasteiger partial charge in [-0.1, -0.05) is 6.07 Å². The lowest BCUT2D eigenvalue weighted by molar-refractivity contribution is 0.0668. The molecule has 1 heterocycles. The molecule has 0 saturated carbocycles. The lowest BCUT2D eigenvalue weighted by Crippen LogP contribution is -2.22. The molecule has 2 N–H and O–H groups in total. The van der Waals surface area contributed by atoms with Crippen LogP contribution in [0, 0.1) is 5.82 Å². The van der Waals surface area contributed by atoms with Crippen LogP contribution < -0.4 is 10.1 Å². The topological polar surface area (TPSA) is 50.7 Å². The van der Waals surface area contributed by atoms with Gasteiger partial charge < -0.3 is 19.9 Å². The molecule has 2 rings (SSSR count). The van der Waals surface area contributed by atoms with E-state index in [1.54, 1.807) is 12.1 Å². The molecule has 0 spiro atoms. The normalized spacial score (nSPS) is 19.9. The van der Waals surface area contributed by atoms with Gasteiger partial charge in [0.15, 0.2) is 11.6 Å². The van der Waals surface area contributed by atoms with Crippen molar-refractivity contribution >= 4 is 17.3 Å². The van der Waals surface area contributed by atoms with Crippen LogP contribution in [0.4, 0.5) is 10.1 Å². The Kier molecular flexibility index (Phi) is 5.88. The molecule has 0 radical (unpaired) electrons.